The third-order valence-corrected chi connectivity index (χ3v) is 5.30. The maximum Gasteiger partial charge on any atom is 0.414 e. The van der Waals surface area contributed by atoms with Crippen LogP contribution in [0.1, 0.15) is 12.5 Å². The molecule has 0 radical (unpaired) electrons. The molecule has 1 atom stereocenters. The molecule has 3 aromatic rings. The van der Waals surface area contributed by atoms with Gasteiger partial charge in [-0.3, -0.25) is 14.4 Å². The number of anilines is 1. The van der Waals surface area contributed by atoms with Crippen molar-refractivity contribution in [2.75, 3.05) is 24.5 Å². The lowest BCUT2D eigenvalue weighted by Gasteiger charge is -2.15. The predicted octanol–water partition coefficient (Wildman–Crippen LogP) is 2.34. The highest BCUT2D eigenvalue weighted by Gasteiger charge is 2.32. The Morgan fingerprint density at radius 2 is 2.06 bits per heavy atom. The van der Waals surface area contributed by atoms with Gasteiger partial charge in [0, 0.05) is 31.8 Å². The average Bonchev–Trinajstić information content (AvgIpc) is 3.45. The molecule has 0 saturated carbocycles. The number of halogens is 1. The van der Waals surface area contributed by atoms with Crippen LogP contribution in [0, 0.1) is 5.82 Å². The van der Waals surface area contributed by atoms with Gasteiger partial charge in [-0.15, -0.1) is 5.10 Å². The van der Waals surface area contributed by atoms with Gasteiger partial charge < -0.3 is 15.4 Å². The third-order valence-electron chi connectivity index (χ3n) is 5.30. The summed E-state index contributed by atoms with van der Waals surface area (Å²) < 4.78 is 21.9. The SMILES string of the molecule is CC(=O)NC[C@H]1CN(c2ccc(-c3ccc(CNCCn4ccnn4)cc3)c(F)c2)C(=O)O1. The maximum absolute atomic E-state index is 14.9. The summed E-state index contributed by atoms with van der Waals surface area (Å²) in [4.78, 5) is 24.6. The first kappa shape index (κ1) is 22.4. The van der Waals surface area contributed by atoms with Crippen molar-refractivity contribution in [3.8, 4) is 11.1 Å². The summed E-state index contributed by atoms with van der Waals surface area (Å²) in [5.74, 6) is -0.627. The fraction of sp³-hybridized carbons (Fsp3) is 0.304. The van der Waals surface area contributed by atoms with E-state index in [1.807, 2.05) is 30.5 Å². The van der Waals surface area contributed by atoms with Gasteiger partial charge in [0.25, 0.3) is 0 Å². The number of hydrogen-bond donors (Lipinski definition) is 2. The lowest BCUT2D eigenvalue weighted by Crippen LogP contribution is -2.33. The molecule has 1 fully saturated rings. The molecule has 1 saturated heterocycles. The topological polar surface area (TPSA) is 101 Å². The van der Waals surface area contributed by atoms with E-state index < -0.39 is 18.0 Å². The van der Waals surface area contributed by atoms with Crippen molar-refractivity contribution < 1.29 is 18.7 Å². The molecule has 10 heteroatoms. The van der Waals surface area contributed by atoms with Gasteiger partial charge in [-0.05, 0) is 29.3 Å². The van der Waals surface area contributed by atoms with Gasteiger partial charge in [0.05, 0.1) is 31.5 Å². The van der Waals surface area contributed by atoms with E-state index in [1.165, 1.54) is 17.9 Å². The molecule has 0 bridgehead atoms. The summed E-state index contributed by atoms with van der Waals surface area (Å²) in [6.45, 7) is 4.04. The van der Waals surface area contributed by atoms with Crippen molar-refractivity contribution in [3.63, 3.8) is 0 Å². The second kappa shape index (κ2) is 10.2. The van der Waals surface area contributed by atoms with Crippen LogP contribution in [0.25, 0.3) is 11.1 Å². The van der Waals surface area contributed by atoms with Crippen molar-refractivity contribution in [3.05, 3.63) is 66.2 Å². The molecule has 1 aliphatic heterocycles. The Hall–Kier alpha value is -3.79. The fourth-order valence-corrected chi connectivity index (χ4v) is 3.58. The number of nitrogens with zero attached hydrogens (tertiary/aromatic N) is 4. The summed E-state index contributed by atoms with van der Waals surface area (Å²) in [6, 6.07) is 12.3. The van der Waals surface area contributed by atoms with E-state index in [-0.39, 0.29) is 19.0 Å². The van der Waals surface area contributed by atoms with Crippen LogP contribution in [0.3, 0.4) is 0 Å². The Balaban J connectivity index is 1.34. The minimum atomic E-state index is -0.557. The zero-order valence-corrected chi connectivity index (χ0v) is 18.2. The van der Waals surface area contributed by atoms with Crippen LogP contribution in [-0.4, -0.2) is 52.7 Å². The van der Waals surface area contributed by atoms with Gasteiger partial charge in [-0.25, -0.2) is 9.18 Å². The second-order valence-corrected chi connectivity index (χ2v) is 7.76. The quantitative estimate of drug-likeness (QED) is 0.484. The number of amides is 2. The molecule has 2 amide bonds. The van der Waals surface area contributed by atoms with Crippen LogP contribution in [0.5, 0.6) is 0 Å². The zero-order valence-electron chi connectivity index (χ0n) is 18.2. The molecule has 1 aromatic heterocycles. The molecule has 4 rings (SSSR count). The largest absolute Gasteiger partial charge is 0.442 e. The van der Waals surface area contributed by atoms with E-state index in [9.17, 15) is 14.0 Å². The summed E-state index contributed by atoms with van der Waals surface area (Å²) in [7, 11) is 0. The van der Waals surface area contributed by atoms with E-state index in [0.29, 0.717) is 17.8 Å². The highest BCUT2D eigenvalue weighted by molar-refractivity contribution is 5.90. The molecule has 172 valence electrons. The summed E-state index contributed by atoms with van der Waals surface area (Å²) in [6.07, 6.45) is 2.43. The predicted molar refractivity (Wildman–Crippen MR) is 120 cm³/mol. The van der Waals surface area contributed by atoms with Crippen LogP contribution < -0.4 is 15.5 Å². The van der Waals surface area contributed by atoms with Gasteiger partial charge in [0.15, 0.2) is 0 Å². The van der Waals surface area contributed by atoms with Crippen LogP contribution in [0.4, 0.5) is 14.9 Å². The van der Waals surface area contributed by atoms with Gasteiger partial charge in [-0.2, -0.15) is 0 Å². The van der Waals surface area contributed by atoms with Gasteiger partial charge >= 0.3 is 6.09 Å². The van der Waals surface area contributed by atoms with Crippen LogP contribution in [0.2, 0.25) is 0 Å². The lowest BCUT2D eigenvalue weighted by molar-refractivity contribution is -0.119. The number of carbonyl (C=O) groups excluding carboxylic acids is 2. The van der Waals surface area contributed by atoms with Crippen LogP contribution in [-0.2, 0) is 22.6 Å². The van der Waals surface area contributed by atoms with E-state index in [2.05, 4.69) is 20.9 Å². The number of cyclic esters (lactones) is 1. The van der Waals surface area contributed by atoms with Gasteiger partial charge in [0.1, 0.15) is 11.9 Å². The molecular formula is C23H25FN6O3. The van der Waals surface area contributed by atoms with E-state index in [1.54, 1.807) is 23.0 Å². The smallest absolute Gasteiger partial charge is 0.414 e. The Morgan fingerprint density at radius 3 is 2.76 bits per heavy atom. The van der Waals surface area contributed by atoms with Crippen LogP contribution >= 0.6 is 0 Å². The summed E-state index contributed by atoms with van der Waals surface area (Å²) >= 11 is 0. The Labute approximate surface area is 190 Å². The molecule has 33 heavy (non-hydrogen) atoms. The number of aromatic nitrogens is 3. The molecule has 0 aliphatic carbocycles. The van der Waals surface area contributed by atoms with Crippen molar-refractivity contribution in [1.82, 2.24) is 25.6 Å². The molecule has 2 heterocycles. The number of ether oxygens (including phenoxy) is 1. The summed E-state index contributed by atoms with van der Waals surface area (Å²) in [5, 5.41) is 13.6. The zero-order chi connectivity index (χ0) is 23.2. The van der Waals surface area contributed by atoms with Crippen molar-refractivity contribution in [1.29, 1.82) is 0 Å². The lowest BCUT2D eigenvalue weighted by atomic mass is 10.0. The minimum Gasteiger partial charge on any atom is -0.442 e. The second-order valence-electron chi connectivity index (χ2n) is 7.76. The molecule has 2 N–H and O–H groups in total. The Kier molecular flexibility index (Phi) is 6.94. The molecule has 2 aromatic carbocycles. The number of nitrogens with one attached hydrogen (secondary N) is 2. The van der Waals surface area contributed by atoms with E-state index in [4.69, 9.17) is 4.74 Å². The normalized spacial score (nSPS) is 15.5. The van der Waals surface area contributed by atoms with Crippen LogP contribution in [0.15, 0.2) is 54.9 Å². The first-order valence-corrected chi connectivity index (χ1v) is 10.7. The number of hydrogen-bond acceptors (Lipinski definition) is 6. The molecule has 9 nitrogen and oxygen atoms in total. The van der Waals surface area contributed by atoms with Crippen molar-refractivity contribution >= 4 is 17.7 Å². The average molecular weight is 452 g/mol. The van der Waals surface area contributed by atoms with Crippen molar-refractivity contribution in [2.24, 2.45) is 0 Å². The minimum absolute atomic E-state index is 0.200. The van der Waals surface area contributed by atoms with Gasteiger partial charge in [-0.1, -0.05) is 29.5 Å². The number of benzene rings is 2. The Bertz CT molecular complexity index is 1100. The monoisotopic (exact) mass is 452 g/mol. The van der Waals surface area contributed by atoms with E-state index >= 15 is 0 Å². The maximum atomic E-state index is 14.9. The molecule has 1 aliphatic rings. The number of carbonyl (C=O) groups is 2. The third kappa shape index (κ3) is 5.72. The fourth-order valence-electron chi connectivity index (χ4n) is 3.58. The number of rotatable bonds is 9. The highest BCUT2D eigenvalue weighted by Crippen LogP contribution is 2.29. The van der Waals surface area contributed by atoms with Gasteiger partial charge in [0.2, 0.25) is 5.91 Å². The first-order valence-electron chi connectivity index (χ1n) is 10.7. The van der Waals surface area contributed by atoms with Crippen molar-refractivity contribution in [2.45, 2.75) is 26.1 Å². The summed E-state index contributed by atoms with van der Waals surface area (Å²) in [5.41, 5.74) is 2.70. The Morgan fingerprint density at radius 1 is 1.24 bits per heavy atom. The highest BCUT2D eigenvalue weighted by atomic mass is 19.1. The first-order chi connectivity index (χ1) is 16.0. The standard InChI is InChI=1S/C23H25FN6O3/c1-16(31)26-14-20-15-30(23(32)33-20)19-6-7-21(22(24)12-19)18-4-2-17(3-5-18)13-25-8-10-29-11-9-27-28-29/h2-7,9,11-12,20,25H,8,10,13-15H2,1H3,(H,26,31)/t20-/m0/s1. The molecule has 0 spiro atoms. The molecular weight excluding hydrogens is 427 g/mol. The van der Waals surface area contributed by atoms with E-state index in [0.717, 1.165) is 24.2 Å². The molecule has 0 unspecified atom stereocenters.